The van der Waals surface area contributed by atoms with Gasteiger partial charge in [-0.15, -0.1) is 0 Å². The summed E-state index contributed by atoms with van der Waals surface area (Å²) in [6, 6.07) is 0. The van der Waals surface area contributed by atoms with Crippen molar-refractivity contribution in [1.29, 1.82) is 0 Å². The SMILES string of the molecule is C=C(C)C(=O)OC1CC2CC1C1C3CC(CC3CC(C)(O)C(F)(F)F)C21. The van der Waals surface area contributed by atoms with E-state index in [2.05, 4.69) is 6.58 Å². The van der Waals surface area contributed by atoms with E-state index in [4.69, 9.17) is 4.74 Å². The molecule has 0 aliphatic heterocycles. The Morgan fingerprint density at radius 1 is 1.12 bits per heavy atom. The number of carbonyl (C=O) groups excluding carboxylic acids is 1. The average molecular weight is 372 g/mol. The number of fused-ring (bicyclic) bond motifs is 9. The quantitative estimate of drug-likeness (QED) is 0.459. The minimum absolute atomic E-state index is 0.0882. The van der Waals surface area contributed by atoms with Crippen LogP contribution in [0.1, 0.15) is 46.0 Å². The van der Waals surface area contributed by atoms with Crippen molar-refractivity contribution in [1.82, 2.24) is 0 Å². The third-order valence-corrected chi connectivity index (χ3v) is 7.77. The number of ether oxygens (including phenoxy) is 1. The van der Waals surface area contributed by atoms with Crippen LogP contribution in [0.2, 0.25) is 0 Å². The van der Waals surface area contributed by atoms with Gasteiger partial charge in [-0.25, -0.2) is 4.79 Å². The van der Waals surface area contributed by atoms with Gasteiger partial charge >= 0.3 is 12.1 Å². The first-order valence-corrected chi connectivity index (χ1v) is 9.65. The molecular weight excluding hydrogens is 345 g/mol. The van der Waals surface area contributed by atoms with E-state index in [0.29, 0.717) is 29.2 Å². The van der Waals surface area contributed by atoms with E-state index >= 15 is 0 Å². The molecule has 0 aromatic heterocycles. The molecule has 0 spiro atoms. The second-order valence-corrected chi connectivity index (χ2v) is 9.41. The predicted molar refractivity (Wildman–Crippen MR) is 88.9 cm³/mol. The van der Waals surface area contributed by atoms with E-state index < -0.39 is 11.8 Å². The molecule has 4 rings (SSSR count). The minimum atomic E-state index is -4.59. The Bertz CT molecular complexity index is 626. The van der Waals surface area contributed by atoms with Crippen LogP contribution in [0.5, 0.6) is 0 Å². The first-order valence-electron chi connectivity index (χ1n) is 9.65. The summed E-state index contributed by atoms with van der Waals surface area (Å²) in [5.41, 5.74) is -2.24. The van der Waals surface area contributed by atoms with Gasteiger partial charge in [0.25, 0.3) is 0 Å². The summed E-state index contributed by atoms with van der Waals surface area (Å²) in [6.45, 7) is 6.16. The summed E-state index contributed by atoms with van der Waals surface area (Å²) < 4.78 is 45.0. The average Bonchev–Trinajstić information content (AvgIpc) is 3.22. The van der Waals surface area contributed by atoms with Gasteiger partial charge in [-0.2, -0.15) is 13.2 Å². The van der Waals surface area contributed by atoms with Gasteiger partial charge in [-0.3, -0.25) is 0 Å². The van der Waals surface area contributed by atoms with Crippen LogP contribution in [-0.4, -0.2) is 29.0 Å². The van der Waals surface area contributed by atoms with Crippen molar-refractivity contribution in [2.24, 2.45) is 41.4 Å². The highest BCUT2D eigenvalue weighted by molar-refractivity contribution is 5.87. The van der Waals surface area contributed by atoms with Crippen molar-refractivity contribution in [3.05, 3.63) is 12.2 Å². The molecule has 9 atom stereocenters. The van der Waals surface area contributed by atoms with E-state index in [1.807, 2.05) is 0 Å². The number of rotatable bonds is 4. The summed E-state index contributed by atoms with van der Waals surface area (Å²) in [4.78, 5) is 11.9. The van der Waals surface area contributed by atoms with Crippen molar-refractivity contribution in [2.45, 2.75) is 63.8 Å². The molecule has 0 heterocycles. The van der Waals surface area contributed by atoms with Crippen LogP contribution in [-0.2, 0) is 9.53 Å². The molecule has 1 N–H and O–H groups in total. The number of esters is 1. The Hall–Kier alpha value is -1.04. The normalized spacial score (nSPS) is 45.5. The summed E-state index contributed by atoms with van der Waals surface area (Å²) in [5.74, 6) is 1.98. The third kappa shape index (κ3) is 2.62. The summed E-state index contributed by atoms with van der Waals surface area (Å²) in [5, 5.41) is 9.94. The lowest BCUT2D eigenvalue weighted by Gasteiger charge is -2.43. The van der Waals surface area contributed by atoms with Crippen molar-refractivity contribution in [2.75, 3.05) is 0 Å². The summed E-state index contributed by atoms with van der Waals surface area (Å²) >= 11 is 0. The minimum Gasteiger partial charge on any atom is -0.459 e. The maximum atomic E-state index is 13.1. The fourth-order valence-electron chi connectivity index (χ4n) is 6.91. The fourth-order valence-corrected chi connectivity index (χ4v) is 6.91. The monoisotopic (exact) mass is 372 g/mol. The number of carbonyl (C=O) groups is 1. The van der Waals surface area contributed by atoms with E-state index in [0.717, 1.165) is 32.6 Å². The second-order valence-electron chi connectivity index (χ2n) is 9.41. The van der Waals surface area contributed by atoms with Crippen LogP contribution < -0.4 is 0 Å². The van der Waals surface area contributed by atoms with Crippen molar-refractivity contribution in [3.8, 4) is 0 Å². The van der Waals surface area contributed by atoms with Crippen molar-refractivity contribution >= 4 is 5.97 Å². The van der Waals surface area contributed by atoms with Crippen LogP contribution in [0.25, 0.3) is 0 Å². The fraction of sp³-hybridized carbons (Fsp3) is 0.850. The van der Waals surface area contributed by atoms with Crippen molar-refractivity contribution < 1.29 is 27.8 Å². The zero-order valence-corrected chi connectivity index (χ0v) is 15.3. The van der Waals surface area contributed by atoms with Crippen molar-refractivity contribution in [3.63, 3.8) is 0 Å². The Morgan fingerprint density at radius 2 is 1.73 bits per heavy atom. The molecule has 4 fully saturated rings. The van der Waals surface area contributed by atoms with Crippen LogP contribution >= 0.6 is 0 Å². The molecular formula is C20H27F3O3. The molecule has 0 aromatic rings. The Labute approximate surface area is 152 Å². The van der Waals surface area contributed by atoms with E-state index in [1.54, 1.807) is 6.92 Å². The first-order chi connectivity index (χ1) is 12.0. The molecule has 146 valence electrons. The van der Waals surface area contributed by atoms with Gasteiger partial charge in [-0.1, -0.05) is 6.58 Å². The van der Waals surface area contributed by atoms with Gasteiger partial charge in [0.1, 0.15) is 6.10 Å². The van der Waals surface area contributed by atoms with E-state index in [-0.39, 0.29) is 36.2 Å². The Morgan fingerprint density at radius 3 is 2.35 bits per heavy atom. The lowest BCUT2D eigenvalue weighted by Crippen LogP contribution is -2.46. The Balaban J connectivity index is 1.48. The molecule has 4 saturated carbocycles. The second kappa shape index (κ2) is 5.73. The number of aliphatic hydroxyl groups is 1. The molecule has 26 heavy (non-hydrogen) atoms. The molecule has 9 unspecified atom stereocenters. The smallest absolute Gasteiger partial charge is 0.416 e. The molecule has 0 saturated heterocycles. The number of halogens is 3. The Kier molecular flexibility index (Phi) is 4.04. The third-order valence-electron chi connectivity index (χ3n) is 7.77. The highest BCUT2D eigenvalue weighted by atomic mass is 19.4. The van der Waals surface area contributed by atoms with E-state index in [1.165, 1.54) is 0 Å². The molecule has 4 aliphatic rings. The van der Waals surface area contributed by atoms with Gasteiger partial charge in [0.05, 0.1) is 0 Å². The van der Waals surface area contributed by atoms with Crippen LogP contribution in [0.15, 0.2) is 12.2 Å². The van der Waals surface area contributed by atoms with Gasteiger partial charge in [0, 0.05) is 5.57 Å². The molecule has 3 nitrogen and oxygen atoms in total. The number of hydrogen-bond acceptors (Lipinski definition) is 3. The zero-order valence-electron chi connectivity index (χ0n) is 15.3. The molecule has 0 radical (unpaired) electrons. The van der Waals surface area contributed by atoms with Gasteiger partial charge in [0.15, 0.2) is 5.60 Å². The molecule has 6 heteroatoms. The standard InChI is InChI=1S/C20H27F3O3/c1-9(2)18(24)26-15-7-11-6-14(15)17-13-5-10(16(11)17)4-12(13)8-19(3,25)20(21,22)23/h10-17,25H,1,4-8H2,2-3H3. The lowest BCUT2D eigenvalue weighted by atomic mass is 9.65. The lowest BCUT2D eigenvalue weighted by molar-refractivity contribution is -0.260. The highest BCUT2D eigenvalue weighted by Crippen LogP contribution is 2.70. The van der Waals surface area contributed by atoms with Gasteiger partial charge < -0.3 is 9.84 Å². The zero-order chi connectivity index (χ0) is 19.0. The largest absolute Gasteiger partial charge is 0.459 e. The van der Waals surface area contributed by atoms with E-state index in [9.17, 15) is 23.1 Å². The molecule has 0 amide bonds. The summed E-state index contributed by atoms with van der Waals surface area (Å²) in [6.07, 6.45) is -1.23. The molecule has 4 aliphatic carbocycles. The first kappa shape index (κ1) is 18.3. The summed E-state index contributed by atoms with van der Waals surface area (Å²) in [7, 11) is 0. The maximum absolute atomic E-state index is 13.1. The maximum Gasteiger partial charge on any atom is 0.416 e. The highest BCUT2D eigenvalue weighted by Gasteiger charge is 2.66. The van der Waals surface area contributed by atoms with Gasteiger partial charge in [-0.05, 0) is 87.4 Å². The topological polar surface area (TPSA) is 46.5 Å². The molecule has 0 aromatic carbocycles. The van der Waals surface area contributed by atoms with Crippen LogP contribution in [0, 0.1) is 41.4 Å². The molecule has 4 bridgehead atoms. The van der Waals surface area contributed by atoms with Gasteiger partial charge in [0.2, 0.25) is 0 Å². The predicted octanol–water partition coefficient (Wildman–Crippen LogP) is 4.11. The number of alkyl halides is 3. The van der Waals surface area contributed by atoms with Crippen LogP contribution in [0.4, 0.5) is 13.2 Å². The van der Waals surface area contributed by atoms with Crippen LogP contribution in [0.3, 0.4) is 0 Å². The number of hydrogen-bond donors (Lipinski definition) is 1.